The summed E-state index contributed by atoms with van der Waals surface area (Å²) in [5.74, 6) is 0. The van der Waals surface area contributed by atoms with Crippen LogP contribution >= 0.6 is 11.3 Å². The van der Waals surface area contributed by atoms with E-state index in [2.05, 4.69) is 72.6 Å². The molecule has 3 heteroatoms. The van der Waals surface area contributed by atoms with Crippen LogP contribution in [0.2, 0.25) is 0 Å². The van der Waals surface area contributed by atoms with Crippen LogP contribution in [0.3, 0.4) is 0 Å². The van der Waals surface area contributed by atoms with Gasteiger partial charge in [-0.25, -0.2) is 0 Å². The van der Waals surface area contributed by atoms with Gasteiger partial charge in [-0.05, 0) is 41.5 Å². The number of unbranched alkanes of at least 4 members (excludes halogenated alkanes) is 2. The van der Waals surface area contributed by atoms with Crippen molar-refractivity contribution in [2.45, 2.75) is 65.2 Å². The highest BCUT2D eigenvalue weighted by Gasteiger charge is 2.05. The zero-order chi connectivity index (χ0) is 18.9. The Labute approximate surface area is 167 Å². The lowest BCUT2D eigenvalue weighted by atomic mass is 10.00. The molecule has 0 N–H and O–H groups in total. The lowest BCUT2D eigenvalue weighted by Gasteiger charge is -2.05. The molecule has 0 amide bonds. The van der Waals surface area contributed by atoms with Crippen molar-refractivity contribution in [3.63, 3.8) is 0 Å². The van der Waals surface area contributed by atoms with Crippen LogP contribution in [0.1, 0.15) is 60.7 Å². The summed E-state index contributed by atoms with van der Waals surface area (Å²) in [7, 11) is 0. The van der Waals surface area contributed by atoms with Crippen molar-refractivity contribution in [3.05, 3.63) is 69.7 Å². The van der Waals surface area contributed by atoms with Crippen LogP contribution in [0.4, 0.5) is 0 Å². The number of aromatic nitrogens is 2. The fourth-order valence-electron chi connectivity index (χ4n) is 3.28. The third-order valence-corrected chi connectivity index (χ3v) is 5.95. The minimum atomic E-state index is 0.983. The topological polar surface area (TPSA) is 25.8 Å². The molecular formula is C24H30N2S. The van der Waals surface area contributed by atoms with Gasteiger partial charge in [0.15, 0.2) is 0 Å². The Hall–Kier alpha value is -2.00. The minimum absolute atomic E-state index is 0.983. The first-order valence-electron chi connectivity index (χ1n) is 10.3. The van der Waals surface area contributed by atoms with E-state index in [9.17, 15) is 0 Å². The monoisotopic (exact) mass is 378 g/mol. The van der Waals surface area contributed by atoms with E-state index < -0.39 is 0 Å². The summed E-state index contributed by atoms with van der Waals surface area (Å²) < 4.78 is 0. The van der Waals surface area contributed by atoms with Crippen molar-refractivity contribution < 1.29 is 0 Å². The molecule has 0 spiro atoms. The Balaban J connectivity index is 1.53. The molecule has 0 unspecified atom stereocenters. The van der Waals surface area contributed by atoms with Crippen LogP contribution < -0.4 is 0 Å². The molecule has 2 aromatic carbocycles. The number of benzene rings is 2. The summed E-state index contributed by atoms with van der Waals surface area (Å²) in [4.78, 5) is 0. The van der Waals surface area contributed by atoms with Gasteiger partial charge in [-0.15, -0.1) is 21.5 Å². The highest BCUT2D eigenvalue weighted by molar-refractivity contribution is 7.11. The van der Waals surface area contributed by atoms with Crippen molar-refractivity contribution >= 4 is 11.3 Å². The van der Waals surface area contributed by atoms with E-state index in [0.717, 1.165) is 30.7 Å². The molecule has 3 aromatic rings. The Bertz CT molecular complexity index is 803. The minimum Gasteiger partial charge on any atom is -0.144 e. The maximum atomic E-state index is 4.37. The molecule has 0 saturated heterocycles. The SMILES string of the molecule is CCCCCc1nnc(CCc2ccc(-c3ccc(CCC)cc3)cc2)s1. The van der Waals surface area contributed by atoms with E-state index in [0.29, 0.717) is 0 Å². The lowest BCUT2D eigenvalue weighted by Crippen LogP contribution is -1.91. The quantitative estimate of drug-likeness (QED) is 0.368. The lowest BCUT2D eigenvalue weighted by molar-refractivity contribution is 0.709. The molecular weight excluding hydrogens is 348 g/mol. The Morgan fingerprint density at radius 2 is 1.15 bits per heavy atom. The fourth-order valence-corrected chi connectivity index (χ4v) is 4.17. The molecule has 0 radical (unpaired) electrons. The first-order chi connectivity index (χ1) is 13.3. The van der Waals surface area contributed by atoms with E-state index in [1.54, 1.807) is 11.3 Å². The maximum Gasteiger partial charge on any atom is 0.117 e. The molecule has 2 nitrogen and oxygen atoms in total. The number of hydrogen-bond donors (Lipinski definition) is 0. The normalized spacial score (nSPS) is 11.0. The molecule has 142 valence electrons. The largest absolute Gasteiger partial charge is 0.144 e. The van der Waals surface area contributed by atoms with Crippen molar-refractivity contribution in [3.8, 4) is 11.1 Å². The Kier molecular flexibility index (Phi) is 7.58. The molecule has 1 heterocycles. The molecule has 0 fully saturated rings. The van der Waals surface area contributed by atoms with Gasteiger partial charge in [-0.1, -0.05) is 81.6 Å². The van der Waals surface area contributed by atoms with Gasteiger partial charge in [-0.3, -0.25) is 0 Å². The van der Waals surface area contributed by atoms with Crippen LogP contribution in [-0.4, -0.2) is 10.2 Å². The molecule has 0 saturated carbocycles. The van der Waals surface area contributed by atoms with Gasteiger partial charge in [0.25, 0.3) is 0 Å². The van der Waals surface area contributed by atoms with Gasteiger partial charge in [0.2, 0.25) is 0 Å². The molecule has 1 aromatic heterocycles. The van der Waals surface area contributed by atoms with E-state index in [4.69, 9.17) is 0 Å². The zero-order valence-electron chi connectivity index (χ0n) is 16.6. The number of aryl methyl sites for hydroxylation is 4. The van der Waals surface area contributed by atoms with Gasteiger partial charge in [0.1, 0.15) is 10.0 Å². The van der Waals surface area contributed by atoms with Gasteiger partial charge >= 0.3 is 0 Å². The van der Waals surface area contributed by atoms with Crippen molar-refractivity contribution in [2.24, 2.45) is 0 Å². The van der Waals surface area contributed by atoms with Gasteiger partial charge in [0.05, 0.1) is 0 Å². The summed E-state index contributed by atoms with van der Waals surface area (Å²) in [5, 5.41) is 11.1. The first-order valence-corrected chi connectivity index (χ1v) is 11.1. The van der Waals surface area contributed by atoms with Crippen LogP contribution in [0, 0.1) is 0 Å². The van der Waals surface area contributed by atoms with E-state index in [1.807, 2.05) is 0 Å². The van der Waals surface area contributed by atoms with Crippen LogP contribution in [0.25, 0.3) is 11.1 Å². The van der Waals surface area contributed by atoms with E-state index in [-0.39, 0.29) is 0 Å². The summed E-state index contributed by atoms with van der Waals surface area (Å²) in [6.07, 6.45) is 9.21. The smallest absolute Gasteiger partial charge is 0.117 e. The first kappa shape index (κ1) is 19.8. The molecule has 0 aliphatic carbocycles. The zero-order valence-corrected chi connectivity index (χ0v) is 17.4. The highest BCUT2D eigenvalue weighted by atomic mass is 32.1. The molecule has 0 aliphatic rings. The van der Waals surface area contributed by atoms with Crippen molar-refractivity contribution in [1.82, 2.24) is 10.2 Å². The Morgan fingerprint density at radius 1 is 0.593 bits per heavy atom. The Morgan fingerprint density at radius 3 is 1.70 bits per heavy atom. The molecule has 0 aliphatic heterocycles. The van der Waals surface area contributed by atoms with Crippen LogP contribution in [-0.2, 0) is 25.7 Å². The standard InChI is InChI=1S/C24H30N2S/c1-3-5-6-8-23-25-26-24(27-23)18-13-20-11-16-22(17-12-20)21-14-9-19(7-4-2)10-15-21/h9-12,14-17H,3-8,13,18H2,1-2H3. The number of rotatable bonds is 10. The van der Waals surface area contributed by atoms with Crippen molar-refractivity contribution in [2.75, 3.05) is 0 Å². The molecule has 0 bridgehead atoms. The van der Waals surface area contributed by atoms with E-state index in [1.165, 1.54) is 52.9 Å². The van der Waals surface area contributed by atoms with Gasteiger partial charge < -0.3 is 0 Å². The van der Waals surface area contributed by atoms with Gasteiger partial charge in [-0.2, -0.15) is 0 Å². The second kappa shape index (κ2) is 10.4. The second-order valence-electron chi connectivity index (χ2n) is 7.19. The third kappa shape index (κ3) is 6.00. The summed E-state index contributed by atoms with van der Waals surface area (Å²) in [6, 6.07) is 17.9. The summed E-state index contributed by atoms with van der Waals surface area (Å²) in [6.45, 7) is 4.46. The predicted molar refractivity (Wildman–Crippen MR) is 116 cm³/mol. The summed E-state index contributed by atoms with van der Waals surface area (Å²) in [5.41, 5.74) is 5.37. The maximum absolute atomic E-state index is 4.37. The summed E-state index contributed by atoms with van der Waals surface area (Å²) >= 11 is 1.79. The number of hydrogen-bond acceptors (Lipinski definition) is 3. The average Bonchev–Trinajstić information content (AvgIpc) is 3.16. The van der Waals surface area contributed by atoms with Gasteiger partial charge in [0, 0.05) is 12.8 Å². The van der Waals surface area contributed by atoms with Crippen molar-refractivity contribution in [1.29, 1.82) is 0 Å². The number of nitrogens with zero attached hydrogens (tertiary/aromatic N) is 2. The molecule has 0 atom stereocenters. The average molecular weight is 379 g/mol. The van der Waals surface area contributed by atoms with Crippen LogP contribution in [0.5, 0.6) is 0 Å². The van der Waals surface area contributed by atoms with Crippen LogP contribution in [0.15, 0.2) is 48.5 Å². The molecule has 27 heavy (non-hydrogen) atoms. The third-order valence-electron chi connectivity index (χ3n) is 4.91. The second-order valence-corrected chi connectivity index (χ2v) is 8.34. The fraction of sp³-hybridized carbons (Fsp3) is 0.417. The highest BCUT2D eigenvalue weighted by Crippen LogP contribution is 2.22. The van der Waals surface area contributed by atoms with E-state index >= 15 is 0 Å². The predicted octanol–water partition coefficient (Wildman–Crippen LogP) is 6.68. The molecule has 3 rings (SSSR count).